The van der Waals surface area contributed by atoms with Gasteiger partial charge in [-0.2, -0.15) is 0 Å². The summed E-state index contributed by atoms with van der Waals surface area (Å²) >= 11 is 0. The van der Waals surface area contributed by atoms with Crippen molar-refractivity contribution in [2.45, 2.75) is 45.7 Å². The molecular weight excluding hydrogens is 440 g/mol. The van der Waals surface area contributed by atoms with Crippen molar-refractivity contribution < 1.29 is 14.4 Å². The number of hydrogen-bond donors (Lipinski definition) is 0. The first kappa shape index (κ1) is 23.5. The third-order valence-corrected chi connectivity index (χ3v) is 7.66. The van der Waals surface area contributed by atoms with Gasteiger partial charge in [0.1, 0.15) is 0 Å². The van der Waals surface area contributed by atoms with Crippen LogP contribution < -0.4 is 4.90 Å². The number of urea groups is 1. The summed E-state index contributed by atoms with van der Waals surface area (Å²) in [5, 5.41) is 0. The first-order valence-corrected chi connectivity index (χ1v) is 12.8. The highest BCUT2D eigenvalue weighted by molar-refractivity contribution is 6.20. The molecule has 1 unspecified atom stereocenters. The van der Waals surface area contributed by atoms with E-state index in [9.17, 15) is 14.4 Å². The Labute approximate surface area is 207 Å². The molecule has 184 valence electrons. The minimum Gasteiger partial charge on any atom is -0.364 e. The van der Waals surface area contributed by atoms with Crippen LogP contribution >= 0.6 is 0 Å². The van der Waals surface area contributed by atoms with Gasteiger partial charge in [0.05, 0.1) is 6.04 Å². The molecule has 3 heterocycles. The van der Waals surface area contributed by atoms with Gasteiger partial charge in [-0.25, -0.2) is 4.79 Å². The van der Waals surface area contributed by atoms with E-state index in [2.05, 4.69) is 28.0 Å². The number of rotatable bonds is 6. The van der Waals surface area contributed by atoms with E-state index in [1.165, 1.54) is 15.4 Å². The zero-order valence-electron chi connectivity index (χ0n) is 20.7. The summed E-state index contributed by atoms with van der Waals surface area (Å²) in [5.41, 5.74) is 2.01. The van der Waals surface area contributed by atoms with Gasteiger partial charge < -0.3 is 4.90 Å². The smallest absolute Gasteiger partial charge is 0.333 e. The second-order valence-corrected chi connectivity index (χ2v) is 9.90. The van der Waals surface area contributed by atoms with Crippen molar-refractivity contribution in [3.05, 3.63) is 65.7 Å². The van der Waals surface area contributed by atoms with Crippen LogP contribution in [0.25, 0.3) is 0 Å². The van der Waals surface area contributed by atoms with Crippen LogP contribution in [0.2, 0.25) is 0 Å². The lowest BCUT2D eigenvalue weighted by Crippen LogP contribution is -2.75. The molecule has 0 saturated carbocycles. The lowest BCUT2D eigenvalue weighted by atomic mass is 9.67. The molecule has 3 aliphatic rings. The van der Waals surface area contributed by atoms with Crippen LogP contribution in [-0.2, 0) is 22.6 Å². The predicted molar refractivity (Wildman–Crippen MR) is 135 cm³/mol. The van der Waals surface area contributed by atoms with Gasteiger partial charge in [0.2, 0.25) is 11.8 Å². The molecule has 2 aromatic rings. The summed E-state index contributed by atoms with van der Waals surface area (Å²) < 4.78 is 0. The normalized spacial score (nSPS) is 21.9. The first-order chi connectivity index (χ1) is 17.0. The van der Waals surface area contributed by atoms with Gasteiger partial charge in [0.15, 0.2) is 5.41 Å². The van der Waals surface area contributed by atoms with Crippen LogP contribution in [0.15, 0.2) is 54.6 Å². The summed E-state index contributed by atoms with van der Waals surface area (Å²) in [5.74, 6) is -0.652. The van der Waals surface area contributed by atoms with E-state index in [1.54, 1.807) is 0 Å². The van der Waals surface area contributed by atoms with E-state index in [4.69, 9.17) is 0 Å². The van der Waals surface area contributed by atoms with E-state index < -0.39 is 11.4 Å². The number of barbiturate groups is 1. The highest BCUT2D eigenvalue weighted by atomic mass is 16.2. The third kappa shape index (κ3) is 3.82. The molecule has 0 radical (unpaired) electrons. The maximum atomic E-state index is 14.2. The monoisotopic (exact) mass is 474 g/mol. The van der Waals surface area contributed by atoms with Crippen molar-refractivity contribution >= 4 is 23.5 Å². The Morgan fingerprint density at radius 1 is 0.829 bits per heavy atom. The molecule has 1 atom stereocenters. The van der Waals surface area contributed by atoms with Crippen molar-refractivity contribution in [1.82, 2.24) is 14.7 Å². The van der Waals surface area contributed by atoms with E-state index >= 15 is 0 Å². The number of carbonyl (C=O) groups excluding carboxylic acids is 3. The van der Waals surface area contributed by atoms with Gasteiger partial charge in [0.25, 0.3) is 0 Å². The Morgan fingerprint density at radius 3 is 2.11 bits per heavy atom. The Balaban J connectivity index is 1.59. The van der Waals surface area contributed by atoms with Crippen LogP contribution in [-0.4, -0.2) is 71.3 Å². The topological polar surface area (TPSA) is 64.2 Å². The molecule has 2 fully saturated rings. The van der Waals surface area contributed by atoms with E-state index in [-0.39, 0.29) is 17.9 Å². The SMILES string of the molecule is CCCN1C(=O)N(CCC)C(=O)C2(Cc3ccccc3N3CCN(Cc4ccccc4)CC32)C1=O. The lowest BCUT2D eigenvalue weighted by Gasteiger charge is -2.56. The average Bonchev–Trinajstić information content (AvgIpc) is 2.88. The van der Waals surface area contributed by atoms with E-state index in [0.717, 1.165) is 30.9 Å². The van der Waals surface area contributed by atoms with Gasteiger partial charge in [-0.15, -0.1) is 0 Å². The van der Waals surface area contributed by atoms with Crippen molar-refractivity contribution in [3.63, 3.8) is 0 Å². The highest BCUT2D eigenvalue weighted by Gasteiger charge is 2.64. The van der Waals surface area contributed by atoms with Gasteiger partial charge in [-0.1, -0.05) is 62.4 Å². The highest BCUT2D eigenvalue weighted by Crippen LogP contribution is 2.47. The van der Waals surface area contributed by atoms with Crippen molar-refractivity contribution in [1.29, 1.82) is 0 Å². The molecule has 5 rings (SSSR count). The van der Waals surface area contributed by atoms with Crippen molar-refractivity contribution in [2.24, 2.45) is 5.41 Å². The largest absolute Gasteiger partial charge is 0.364 e. The number of piperazine rings is 1. The molecule has 2 aromatic carbocycles. The molecular formula is C28H34N4O3. The van der Waals surface area contributed by atoms with E-state index in [1.807, 2.05) is 50.2 Å². The molecule has 0 aromatic heterocycles. The molecule has 0 aliphatic carbocycles. The van der Waals surface area contributed by atoms with Crippen molar-refractivity contribution in [2.75, 3.05) is 37.6 Å². The number of amides is 4. The van der Waals surface area contributed by atoms with Gasteiger partial charge in [0, 0.05) is 45.0 Å². The summed E-state index contributed by atoms with van der Waals surface area (Å²) in [7, 11) is 0. The summed E-state index contributed by atoms with van der Waals surface area (Å²) in [6, 6.07) is 17.6. The lowest BCUT2D eigenvalue weighted by molar-refractivity contribution is -0.162. The number of anilines is 1. The van der Waals surface area contributed by atoms with Gasteiger partial charge >= 0.3 is 6.03 Å². The fourth-order valence-electron chi connectivity index (χ4n) is 6.06. The third-order valence-electron chi connectivity index (χ3n) is 7.66. The Bertz CT molecular complexity index is 1090. The number of nitrogens with zero attached hydrogens (tertiary/aromatic N) is 4. The predicted octanol–water partition coefficient (Wildman–Crippen LogP) is 3.53. The number of hydrogen-bond acceptors (Lipinski definition) is 5. The van der Waals surface area contributed by atoms with Gasteiger partial charge in [-0.3, -0.25) is 24.3 Å². The van der Waals surface area contributed by atoms with Crippen LogP contribution in [0.1, 0.15) is 37.8 Å². The summed E-state index contributed by atoms with van der Waals surface area (Å²) in [6.07, 6.45) is 1.65. The van der Waals surface area contributed by atoms with E-state index in [0.29, 0.717) is 38.9 Å². The maximum Gasteiger partial charge on any atom is 0.333 e. The fraction of sp³-hybridized carbons (Fsp3) is 0.464. The maximum absolute atomic E-state index is 14.2. The number of para-hydroxylation sites is 1. The molecule has 4 amide bonds. The molecule has 3 aliphatic heterocycles. The van der Waals surface area contributed by atoms with Crippen LogP contribution in [0.4, 0.5) is 10.5 Å². The Hall–Kier alpha value is -3.19. The van der Waals surface area contributed by atoms with Crippen LogP contribution in [0.3, 0.4) is 0 Å². The quantitative estimate of drug-likeness (QED) is 0.600. The van der Waals surface area contributed by atoms with Gasteiger partial charge in [-0.05, 0) is 36.5 Å². The number of imide groups is 2. The molecule has 35 heavy (non-hydrogen) atoms. The molecule has 0 N–H and O–H groups in total. The zero-order chi connectivity index (χ0) is 24.6. The molecule has 1 spiro atoms. The molecule has 7 nitrogen and oxygen atoms in total. The molecule has 2 saturated heterocycles. The van der Waals surface area contributed by atoms with Crippen LogP contribution in [0.5, 0.6) is 0 Å². The minimum absolute atomic E-state index is 0.326. The standard InChI is InChI=1S/C28H34N4O3/c1-3-14-31-25(33)28(26(34)32(15-4-2)27(31)35)18-22-12-8-9-13-23(22)30-17-16-29(20-24(28)30)19-21-10-6-5-7-11-21/h5-13,24H,3-4,14-20H2,1-2H3. The second-order valence-electron chi connectivity index (χ2n) is 9.90. The van der Waals surface area contributed by atoms with Crippen molar-refractivity contribution in [3.8, 4) is 0 Å². The zero-order valence-corrected chi connectivity index (χ0v) is 20.7. The summed E-state index contributed by atoms with van der Waals surface area (Å²) in [4.78, 5) is 49.0. The Kier molecular flexibility index (Phi) is 6.36. The average molecular weight is 475 g/mol. The number of benzene rings is 2. The van der Waals surface area contributed by atoms with Crippen LogP contribution in [0, 0.1) is 5.41 Å². The Morgan fingerprint density at radius 2 is 1.46 bits per heavy atom. The minimum atomic E-state index is -1.30. The summed E-state index contributed by atoms with van der Waals surface area (Å²) in [6.45, 7) is 7.50. The number of fused-ring (bicyclic) bond motifs is 4. The second kappa shape index (κ2) is 9.46. The molecule has 7 heteroatoms. The number of carbonyl (C=O) groups is 3. The molecule has 0 bridgehead atoms. The first-order valence-electron chi connectivity index (χ1n) is 12.8. The fourth-order valence-corrected chi connectivity index (χ4v) is 6.06.